The quantitative estimate of drug-likeness (QED) is 0.926. The molecule has 126 valence electrons. The van der Waals surface area contributed by atoms with Gasteiger partial charge in [0.2, 0.25) is 0 Å². The van der Waals surface area contributed by atoms with Crippen LogP contribution in [0.5, 0.6) is 0 Å². The number of rotatable bonds is 3. The minimum Gasteiger partial charge on any atom is -0.307 e. The average Bonchev–Trinajstić information content (AvgIpc) is 3.12. The first-order valence-electron chi connectivity index (χ1n) is 8.43. The molecule has 0 amide bonds. The second-order valence-electron chi connectivity index (χ2n) is 6.56. The normalized spacial score (nSPS) is 21.0. The summed E-state index contributed by atoms with van der Waals surface area (Å²) in [4.78, 5) is 11.6. The molecule has 1 saturated heterocycles. The van der Waals surface area contributed by atoms with Gasteiger partial charge in [0.15, 0.2) is 0 Å². The first kappa shape index (κ1) is 15.9. The molecular formula is C18H20ClFN4. The first-order valence-corrected chi connectivity index (χ1v) is 8.81. The van der Waals surface area contributed by atoms with Gasteiger partial charge in [-0.3, -0.25) is 4.90 Å². The molecule has 0 spiro atoms. The third-order valence-corrected chi connectivity index (χ3v) is 5.10. The Balaban J connectivity index is 1.46. The minimum absolute atomic E-state index is 0.171. The van der Waals surface area contributed by atoms with Gasteiger partial charge in [0.25, 0.3) is 0 Å². The van der Waals surface area contributed by atoms with Gasteiger partial charge in [0, 0.05) is 43.5 Å². The maximum atomic E-state index is 13.6. The van der Waals surface area contributed by atoms with Crippen LogP contribution >= 0.6 is 11.6 Å². The van der Waals surface area contributed by atoms with Crippen LogP contribution in [0.2, 0.25) is 5.02 Å². The van der Waals surface area contributed by atoms with Crippen LogP contribution in [0.4, 0.5) is 4.39 Å². The molecule has 2 aliphatic rings. The lowest BCUT2D eigenvalue weighted by molar-refractivity contribution is 0.242. The number of nitrogens with zero attached hydrogens (tertiary/aromatic N) is 3. The summed E-state index contributed by atoms with van der Waals surface area (Å²) in [7, 11) is 0. The van der Waals surface area contributed by atoms with E-state index in [1.807, 2.05) is 12.3 Å². The lowest BCUT2D eigenvalue weighted by Crippen LogP contribution is -2.31. The molecule has 4 nitrogen and oxygen atoms in total. The Bertz CT molecular complexity index is 746. The molecule has 4 rings (SSSR count). The third-order valence-electron chi connectivity index (χ3n) is 4.79. The van der Waals surface area contributed by atoms with E-state index in [1.54, 1.807) is 6.07 Å². The van der Waals surface area contributed by atoms with E-state index in [0.29, 0.717) is 12.6 Å². The molecule has 0 bridgehead atoms. The number of aromatic nitrogens is 2. The Hall–Kier alpha value is -1.56. The van der Waals surface area contributed by atoms with Gasteiger partial charge in [-0.2, -0.15) is 0 Å². The van der Waals surface area contributed by atoms with Gasteiger partial charge in [-0.1, -0.05) is 17.7 Å². The van der Waals surface area contributed by atoms with Crippen LogP contribution in [-0.2, 0) is 19.5 Å². The van der Waals surface area contributed by atoms with E-state index in [-0.39, 0.29) is 10.8 Å². The Labute approximate surface area is 146 Å². The van der Waals surface area contributed by atoms with E-state index in [0.717, 1.165) is 49.6 Å². The highest BCUT2D eigenvalue weighted by molar-refractivity contribution is 6.30. The summed E-state index contributed by atoms with van der Waals surface area (Å²) in [6.07, 6.45) is 5.18. The van der Waals surface area contributed by atoms with E-state index < -0.39 is 0 Å². The van der Waals surface area contributed by atoms with Crippen molar-refractivity contribution in [3.8, 4) is 0 Å². The molecule has 0 unspecified atom stereocenters. The van der Waals surface area contributed by atoms with Crippen LogP contribution in [0.1, 0.15) is 41.5 Å². The highest BCUT2D eigenvalue weighted by Crippen LogP contribution is 2.24. The molecule has 1 atom stereocenters. The molecule has 3 heterocycles. The molecular weight excluding hydrogens is 327 g/mol. The van der Waals surface area contributed by atoms with Crippen molar-refractivity contribution in [1.82, 2.24) is 20.2 Å². The predicted molar refractivity (Wildman–Crippen MR) is 91.2 cm³/mol. The van der Waals surface area contributed by atoms with E-state index in [2.05, 4.69) is 15.2 Å². The Kier molecular flexibility index (Phi) is 4.48. The van der Waals surface area contributed by atoms with Gasteiger partial charge < -0.3 is 5.32 Å². The molecule has 1 aromatic carbocycles. The molecule has 1 aromatic heterocycles. The standard InChI is InChI=1S/C18H20ClFN4/c19-14-4-3-12(8-15(14)20)10-24-7-5-16-13(11-24)9-22-18(23-16)17-2-1-6-21-17/h3-4,8-9,17,21H,1-2,5-7,10-11H2/t17-/m0/s1. The van der Waals surface area contributed by atoms with Gasteiger partial charge in [0.05, 0.1) is 11.1 Å². The zero-order valence-corrected chi connectivity index (χ0v) is 14.2. The van der Waals surface area contributed by atoms with Crippen LogP contribution in [0, 0.1) is 5.82 Å². The number of nitrogens with one attached hydrogen (secondary N) is 1. The van der Waals surface area contributed by atoms with E-state index in [4.69, 9.17) is 16.6 Å². The highest BCUT2D eigenvalue weighted by Gasteiger charge is 2.23. The summed E-state index contributed by atoms with van der Waals surface area (Å²) >= 11 is 5.75. The monoisotopic (exact) mass is 346 g/mol. The van der Waals surface area contributed by atoms with E-state index >= 15 is 0 Å². The van der Waals surface area contributed by atoms with Crippen molar-refractivity contribution < 1.29 is 4.39 Å². The second-order valence-corrected chi connectivity index (χ2v) is 6.97. The van der Waals surface area contributed by atoms with Crippen LogP contribution < -0.4 is 5.32 Å². The predicted octanol–water partition coefficient (Wildman–Crippen LogP) is 3.25. The van der Waals surface area contributed by atoms with Crippen molar-refractivity contribution in [2.75, 3.05) is 13.1 Å². The van der Waals surface area contributed by atoms with Crippen molar-refractivity contribution >= 4 is 11.6 Å². The molecule has 0 aliphatic carbocycles. The molecule has 2 aromatic rings. The molecule has 1 N–H and O–H groups in total. The van der Waals surface area contributed by atoms with Crippen LogP contribution in [0.25, 0.3) is 0 Å². The topological polar surface area (TPSA) is 41.1 Å². The van der Waals surface area contributed by atoms with Gasteiger partial charge in [0.1, 0.15) is 11.6 Å². The fraction of sp³-hybridized carbons (Fsp3) is 0.444. The van der Waals surface area contributed by atoms with Crippen LogP contribution in [0.15, 0.2) is 24.4 Å². The summed E-state index contributed by atoms with van der Waals surface area (Å²) in [5, 5.41) is 3.62. The molecule has 24 heavy (non-hydrogen) atoms. The summed E-state index contributed by atoms with van der Waals surface area (Å²) in [5.74, 6) is 0.572. The highest BCUT2D eigenvalue weighted by atomic mass is 35.5. The van der Waals surface area contributed by atoms with Crippen LogP contribution in [0.3, 0.4) is 0 Å². The molecule has 1 fully saturated rings. The number of hydrogen-bond acceptors (Lipinski definition) is 4. The summed E-state index contributed by atoms with van der Waals surface area (Å²) < 4.78 is 13.6. The number of benzene rings is 1. The van der Waals surface area contributed by atoms with E-state index in [9.17, 15) is 4.39 Å². The SMILES string of the molecule is Fc1cc(CN2CCc3nc([C@@H]4CCCN4)ncc3C2)ccc1Cl. The average molecular weight is 347 g/mol. The van der Waals surface area contributed by atoms with Gasteiger partial charge >= 0.3 is 0 Å². The number of halogens is 2. The van der Waals surface area contributed by atoms with Gasteiger partial charge in [-0.05, 0) is 37.1 Å². The van der Waals surface area contributed by atoms with Crippen LogP contribution in [-0.4, -0.2) is 28.0 Å². The second kappa shape index (κ2) is 6.75. The fourth-order valence-electron chi connectivity index (χ4n) is 3.49. The molecule has 0 saturated carbocycles. The van der Waals surface area contributed by atoms with Gasteiger partial charge in [-0.15, -0.1) is 0 Å². The summed E-state index contributed by atoms with van der Waals surface area (Å²) in [6.45, 7) is 3.49. The minimum atomic E-state index is -0.358. The van der Waals surface area contributed by atoms with Gasteiger partial charge in [-0.25, -0.2) is 14.4 Å². The number of hydrogen-bond donors (Lipinski definition) is 1. The van der Waals surface area contributed by atoms with Crippen molar-refractivity contribution in [2.24, 2.45) is 0 Å². The number of fused-ring (bicyclic) bond motifs is 1. The summed E-state index contributed by atoms with van der Waals surface area (Å²) in [5.41, 5.74) is 3.28. The van der Waals surface area contributed by atoms with Crippen molar-refractivity contribution in [3.05, 3.63) is 57.9 Å². The smallest absolute Gasteiger partial charge is 0.145 e. The molecule has 0 radical (unpaired) electrons. The Morgan fingerprint density at radius 1 is 1.38 bits per heavy atom. The Morgan fingerprint density at radius 3 is 3.08 bits per heavy atom. The zero-order valence-electron chi connectivity index (χ0n) is 13.4. The maximum absolute atomic E-state index is 13.6. The Morgan fingerprint density at radius 2 is 2.29 bits per heavy atom. The first-order chi connectivity index (χ1) is 11.7. The lowest BCUT2D eigenvalue weighted by Gasteiger charge is -2.28. The van der Waals surface area contributed by atoms with Crippen molar-refractivity contribution in [1.29, 1.82) is 0 Å². The largest absolute Gasteiger partial charge is 0.307 e. The van der Waals surface area contributed by atoms with Crippen molar-refractivity contribution in [2.45, 2.75) is 38.4 Å². The maximum Gasteiger partial charge on any atom is 0.145 e. The molecule has 6 heteroatoms. The fourth-order valence-corrected chi connectivity index (χ4v) is 3.61. The lowest BCUT2D eigenvalue weighted by atomic mass is 10.1. The third kappa shape index (κ3) is 3.29. The van der Waals surface area contributed by atoms with Crippen molar-refractivity contribution in [3.63, 3.8) is 0 Å². The summed E-state index contributed by atoms with van der Waals surface area (Å²) in [6, 6.07) is 5.33. The van der Waals surface area contributed by atoms with E-state index in [1.165, 1.54) is 18.1 Å². The molecule has 2 aliphatic heterocycles. The zero-order chi connectivity index (χ0) is 16.5.